The number of carbonyl (C=O) groups is 1. The smallest absolute Gasteiger partial charge is 0.272 e. The van der Waals surface area contributed by atoms with Crippen LogP contribution in [0.15, 0.2) is 36.1 Å². The number of imidazole rings is 1. The molecule has 1 aliphatic heterocycles. The zero-order valence-corrected chi connectivity index (χ0v) is 14.5. The van der Waals surface area contributed by atoms with Gasteiger partial charge in [0.05, 0.1) is 18.9 Å². The summed E-state index contributed by atoms with van der Waals surface area (Å²) in [5.74, 6) is -0.150. The summed E-state index contributed by atoms with van der Waals surface area (Å²) < 4.78 is 7.28. The monoisotopic (exact) mass is 357 g/mol. The predicted molar refractivity (Wildman–Crippen MR) is 95.9 cm³/mol. The van der Waals surface area contributed by atoms with Crippen LogP contribution in [0, 0.1) is 0 Å². The lowest BCUT2D eigenvalue weighted by molar-refractivity contribution is 0.0383. The molecule has 1 amide bonds. The second-order valence-electron chi connectivity index (χ2n) is 5.82. The highest BCUT2D eigenvalue weighted by molar-refractivity contribution is 7.15. The van der Waals surface area contributed by atoms with Gasteiger partial charge in [-0.1, -0.05) is 0 Å². The maximum Gasteiger partial charge on any atom is 0.272 e. The van der Waals surface area contributed by atoms with Gasteiger partial charge in [0.25, 0.3) is 5.91 Å². The summed E-state index contributed by atoms with van der Waals surface area (Å²) in [6.45, 7) is 4.76. The third kappa shape index (κ3) is 3.41. The van der Waals surface area contributed by atoms with Crippen molar-refractivity contribution in [3.63, 3.8) is 0 Å². The molecule has 3 aromatic heterocycles. The van der Waals surface area contributed by atoms with Crippen molar-refractivity contribution < 1.29 is 9.53 Å². The Bertz CT molecular complexity index is 854. The first kappa shape index (κ1) is 16.2. The number of rotatable bonds is 5. The molecule has 8 heteroatoms. The molecular weight excluding hydrogens is 338 g/mol. The zero-order chi connectivity index (χ0) is 17.1. The molecule has 0 bridgehead atoms. The molecule has 0 atom stereocenters. The van der Waals surface area contributed by atoms with Gasteiger partial charge in [0, 0.05) is 55.7 Å². The number of thiazole rings is 1. The third-order valence-electron chi connectivity index (χ3n) is 4.23. The Kier molecular flexibility index (Phi) is 4.73. The minimum atomic E-state index is -0.150. The van der Waals surface area contributed by atoms with E-state index in [0.717, 1.165) is 49.1 Å². The number of morpholine rings is 1. The Balaban J connectivity index is 1.52. The highest BCUT2D eigenvalue weighted by atomic mass is 32.1. The van der Waals surface area contributed by atoms with Crippen LogP contribution in [0.3, 0.4) is 0 Å². The molecule has 3 aromatic rings. The topological polar surface area (TPSA) is 71.8 Å². The Labute approximate surface area is 149 Å². The van der Waals surface area contributed by atoms with Crippen LogP contribution in [0.5, 0.6) is 0 Å². The largest absolute Gasteiger partial charge is 0.379 e. The summed E-state index contributed by atoms with van der Waals surface area (Å²) in [4.78, 5) is 24.5. The summed E-state index contributed by atoms with van der Waals surface area (Å²) >= 11 is 1.51. The maximum absolute atomic E-state index is 12.7. The number of nitrogens with zero attached hydrogens (tertiary/aromatic N) is 4. The fraction of sp³-hybridized carbons (Fsp3) is 0.353. The van der Waals surface area contributed by atoms with Crippen LogP contribution in [0.2, 0.25) is 0 Å². The second-order valence-corrected chi connectivity index (χ2v) is 6.69. The number of hydrogen-bond acceptors (Lipinski definition) is 6. The van der Waals surface area contributed by atoms with E-state index >= 15 is 0 Å². The highest BCUT2D eigenvalue weighted by Crippen LogP contribution is 2.26. The van der Waals surface area contributed by atoms with Gasteiger partial charge >= 0.3 is 0 Å². The van der Waals surface area contributed by atoms with Gasteiger partial charge in [0.15, 0.2) is 10.7 Å². The third-order valence-corrected chi connectivity index (χ3v) is 4.99. The quantitative estimate of drug-likeness (QED) is 0.750. The first-order valence-corrected chi connectivity index (χ1v) is 9.15. The van der Waals surface area contributed by atoms with E-state index in [1.165, 1.54) is 11.3 Å². The molecule has 1 N–H and O–H groups in total. The van der Waals surface area contributed by atoms with Gasteiger partial charge in [-0.3, -0.25) is 19.1 Å². The van der Waals surface area contributed by atoms with E-state index in [4.69, 9.17) is 4.74 Å². The van der Waals surface area contributed by atoms with E-state index in [1.807, 2.05) is 28.1 Å². The van der Waals surface area contributed by atoms with Crippen LogP contribution in [0.25, 0.3) is 16.2 Å². The predicted octanol–water partition coefficient (Wildman–Crippen LogP) is 1.52. The number of aromatic nitrogens is 3. The first-order chi connectivity index (χ1) is 12.3. The van der Waals surface area contributed by atoms with Crippen LogP contribution in [-0.2, 0) is 4.74 Å². The number of fused-ring (bicyclic) bond motifs is 1. The molecule has 25 heavy (non-hydrogen) atoms. The molecule has 0 radical (unpaired) electrons. The van der Waals surface area contributed by atoms with Crippen molar-refractivity contribution in [1.82, 2.24) is 24.6 Å². The Morgan fingerprint density at radius 1 is 1.36 bits per heavy atom. The van der Waals surface area contributed by atoms with Crippen molar-refractivity contribution in [2.45, 2.75) is 0 Å². The molecule has 4 rings (SSSR count). The van der Waals surface area contributed by atoms with Crippen molar-refractivity contribution in [1.29, 1.82) is 0 Å². The van der Waals surface area contributed by atoms with Crippen LogP contribution < -0.4 is 5.32 Å². The van der Waals surface area contributed by atoms with Gasteiger partial charge in [-0.2, -0.15) is 0 Å². The highest BCUT2D eigenvalue weighted by Gasteiger charge is 2.21. The second kappa shape index (κ2) is 7.30. The van der Waals surface area contributed by atoms with Crippen molar-refractivity contribution >= 4 is 22.2 Å². The van der Waals surface area contributed by atoms with E-state index in [-0.39, 0.29) is 5.91 Å². The number of hydrogen-bond donors (Lipinski definition) is 1. The molecule has 1 aliphatic rings. The summed E-state index contributed by atoms with van der Waals surface area (Å²) in [5, 5.41) is 4.95. The van der Waals surface area contributed by atoms with Crippen LogP contribution in [0.1, 0.15) is 10.5 Å². The molecule has 0 saturated carbocycles. The van der Waals surface area contributed by atoms with Gasteiger partial charge in [-0.25, -0.2) is 4.98 Å². The van der Waals surface area contributed by atoms with Crippen molar-refractivity contribution in [2.24, 2.45) is 0 Å². The number of amides is 1. The minimum Gasteiger partial charge on any atom is -0.379 e. The SMILES string of the molecule is O=C(NCCN1CCOCC1)c1nc2sccn2c1-c1cccnc1. The fourth-order valence-corrected chi connectivity index (χ4v) is 3.67. The molecule has 4 heterocycles. The number of carbonyl (C=O) groups excluding carboxylic acids is 1. The molecule has 7 nitrogen and oxygen atoms in total. The molecule has 0 spiro atoms. The van der Waals surface area contributed by atoms with Gasteiger partial charge in [-0.15, -0.1) is 11.3 Å². The average molecular weight is 357 g/mol. The van der Waals surface area contributed by atoms with E-state index in [1.54, 1.807) is 12.4 Å². The lowest BCUT2D eigenvalue weighted by Crippen LogP contribution is -2.41. The van der Waals surface area contributed by atoms with Gasteiger partial charge < -0.3 is 10.1 Å². The maximum atomic E-state index is 12.7. The van der Waals surface area contributed by atoms with Crippen molar-refractivity contribution in [3.05, 3.63) is 41.8 Å². The van der Waals surface area contributed by atoms with Crippen molar-refractivity contribution in [2.75, 3.05) is 39.4 Å². The summed E-state index contributed by atoms with van der Waals surface area (Å²) in [6, 6.07) is 3.81. The fourth-order valence-electron chi connectivity index (χ4n) is 2.96. The Morgan fingerprint density at radius 3 is 3.04 bits per heavy atom. The van der Waals surface area contributed by atoms with E-state index in [0.29, 0.717) is 12.2 Å². The summed E-state index contributed by atoms with van der Waals surface area (Å²) in [7, 11) is 0. The van der Waals surface area contributed by atoms with Gasteiger partial charge in [0.2, 0.25) is 0 Å². The van der Waals surface area contributed by atoms with Crippen molar-refractivity contribution in [3.8, 4) is 11.3 Å². The summed E-state index contributed by atoms with van der Waals surface area (Å²) in [6.07, 6.45) is 5.41. The molecule has 0 aliphatic carbocycles. The minimum absolute atomic E-state index is 0.150. The number of ether oxygens (including phenoxy) is 1. The molecule has 0 unspecified atom stereocenters. The van der Waals surface area contributed by atoms with E-state index in [2.05, 4.69) is 20.2 Å². The molecule has 1 fully saturated rings. The Morgan fingerprint density at radius 2 is 2.24 bits per heavy atom. The van der Waals surface area contributed by atoms with Gasteiger partial charge in [0.1, 0.15) is 0 Å². The molecule has 1 saturated heterocycles. The normalized spacial score (nSPS) is 15.5. The molecule has 0 aromatic carbocycles. The number of nitrogens with one attached hydrogen (secondary N) is 1. The lowest BCUT2D eigenvalue weighted by atomic mass is 10.1. The van der Waals surface area contributed by atoms with Crippen LogP contribution in [0.4, 0.5) is 0 Å². The zero-order valence-electron chi connectivity index (χ0n) is 13.7. The van der Waals surface area contributed by atoms with Crippen LogP contribution >= 0.6 is 11.3 Å². The first-order valence-electron chi connectivity index (χ1n) is 8.27. The van der Waals surface area contributed by atoms with E-state index in [9.17, 15) is 4.79 Å². The average Bonchev–Trinajstić information content (AvgIpc) is 3.24. The number of pyridine rings is 1. The summed E-state index contributed by atoms with van der Waals surface area (Å²) in [5.41, 5.74) is 2.11. The lowest BCUT2D eigenvalue weighted by Gasteiger charge is -2.26. The molecule has 130 valence electrons. The van der Waals surface area contributed by atoms with Crippen LogP contribution in [-0.4, -0.2) is 64.6 Å². The standard InChI is InChI=1S/C17H19N5O2S/c23-16(19-4-5-21-6-9-24-10-7-21)14-15(13-2-1-3-18-12-13)22-8-11-25-17(22)20-14/h1-3,8,11-12H,4-7,9-10H2,(H,19,23). The van der Waals surface area contributed by atoms with Gasteiger partial charge in [-0.05, 0) is 12.1 Å². The Hall–Kier alpha value is -2.29. The van der Waals surface area contributed by atoms with E-state index < -0.39 is 0 Å². The molecular formula is C17H19N5O2S.